The molecule has 8 heteroatoms. The van der Waals surface area contributed by atoms with Gasteiger partial charge in [-0.3, -0.25) is 0 Å². The van der Waals surface area contributed by atoms with Gasteiger partial charge < -0.3 is 5.73 Å². The van der Waals surface area contributed by atoms with Crippen LogP contribution in [0.4, 0.5) is 8.78 Å². The van der Waals surface area contributed by atoms with Gasteiger partial charge in [0.15, 0.2) is 11.6 Å². The molecule has 0 bridgehead atoms. The lowest BCUT2D eigenvalue weighted by atomic mass is 10.2. The molecular formula is C12H16F2N2O2S2. The Kier molecular flexibility index (Phi) is 4.68. The third-order valence-electron chi connectivity index (χ3n) is 3.18. The maximum atomic E-state index is 13.9. The fourth-order valence-corrected chi connectivity index (χ4v) is 5.10. The lowest BCUT2D eigenvalue weighted by molar-refractivity contribution is 0.363. The van der Waals surface area contributed by atoms with Gasteiger partial charge in [-0.05, 0) is 24.6 Å². The lowest BCUT2D eigenvalue weighted by Crippen LogP contribution is -2.44. The van der Waals surface area contributed by atoms with Crippen molar-refractivity contribution in [3.05, 3.63) is 29.3 Å². The Labute approximate surface area is 121 Å². The second kappa shape index (κ2) is 5.97. The minimum atomic E-state index is -4.05. The van der Waals surface area contributed by atoms with E-state index in [9.17, 15) is 17.2 Å². The highest BCUT2D eigenvalue weighted by Gasteiger charge is 2.34. The van der Waals surface area contributed by atoms with Gasteiger partial charge in [0.25, 0.3) is 0 Å². The highest BCUT2D eigenvalue weighted by Crippen LogP contribution is 2.27. The average molecular weight is 322 g/mol. The van der Waals surface area contributed by atoms with Gasteiger partial charge in [0.05, 0.1) is 0 Å². The van der Waals surface area contributed by atoms with Crippen molar-refractivity contribution >= 4 is 21.8 Å². The number of benzene rings is 1. The van der Waals surface area contributed by atoms with E-state index in [1.807, 2.05) is 0 Å². The van der Waals surface area contributed by atoms with Crippen molar-refractivity contribution in [2.45, 2.75) is 24.4 Å². The smallest absolute Gasteiger partial charge is 0.246 e. The summed E-state index contributed by atoms with van der Waals surface area (Å²) in [6.45, 7) is 2.00. The number of sulfonamides is 1. The zero-order valence-electron chi connectivity index (χ0n) is 11.0. The fourth-order valence-electron chi connectivity index (χ4n) is 2.12. The summed E-state index contributed by atoms with van der Waals surface area (Å²) in [7, 11) is -4.05. The Morgan fingerprint density at radius 3 is 2.75 bits per heavy atom. The van der Waals surface area contributed by atoms with E-state index >= 15 is 0 Å². The van der Waals surface area contributed by atoms with Gasteiger partial charge in [0, 0.05) is 30.6 Å². The van der Waals surface area contributed by atoms with Crippen LogP contribution in [0.25, 0.3) is 0 Å². The topological polar surface area (TPSA) is 63.4 Å². The first-order valence-electron chi connectivity index (χ1n) is 6.15. The Morgan fingerprint density at radius 1 is 1.45 bits per heavy atom. The summed E-state index contributed by atoms with van der Waals surface area (Å²) < 4.78 is 53.6. The molecule has 0 aliphatic carbocycles. The van der Waals surface area contributed by atoms with Crippen molar-refractivity contribution in [2.24, 2.45) is 5.73 Å². The standard InChI is InChI=1S/C12H16F2N2O2S2/c1-8-7-19-3-2-16(8)20(17,18)11-5-9(6-15)4-10(13)12(11)14/h4-5,8H,2-3,6-7,15H2,1H3. The largest absolute Gasteiger partial charge is 0.326 e. The van der Waals surface area contributed by atoms with Gasteiger partial charge in [-0.1, -0.05) is 0 Å². The number of hydrogen-bond acceptors (Lipinski definition) is 4. The summed E-state index contributed by atoms with van der Waals surface area (Å²) in [5, 5.41) is 0. The van der Waals surface area contributed by atoms with Crippen molar-refractivity contribution in [3.8, 4) is 0 Å². The second-order valence-electron chi connectivity index (χ2n) is 4.63. The zero-order valence-corrected chi connectivity index (χ0v) is 12.6. The van der Waals surface area contributed by atoms with Gasteiger partial charge in [-0.2, -0.15) is 16.1 Å². The Bertz CT molecular complexity index is 608. The van der Waals surface area contributed by atoms with Crippen molar-refractivity contribution in [3.63, 3.8) is 0 Å². The van der Waals surface area contributed by atoms with Crippen molar-refractivity contribution in [2.75, 3.05) is 18.1 Å². The molecule has 1 atom stereocenters. The molecule has 0 aromatic heterocycles. The fraction of sp³-hybridized carbons (Fsp3) is 0.500. The highest BCUT2D eigenvalue weighted by molar-refractivity contribution is 7.99. The summed E-state index contributed by atoms with van der Waals surface area (Å²) in [4.78, 5) is -0.628. The van der Waals surface area contributed by atoms with Crippen LogP contribution in [0, 0.1) is 11.6 Å². The summed E-state index contributed by atoms with van der Waals surface area (Å²) in [6, 6.07) is 1.79. The van der Waals surface area contributed by atoms with Crippen molar-refractivity contribution < 1.29 is 17.2 Å². The van der Waals surface area contributed by atoms with Crippen LogP contribution in [0.1, 0.15) is 12.5 Å². The first kappa shape index (κ1) is 15.7. The van der Waals surface area contributed by atoms with Gasteiger partial charge >= 0.3 is 0 Å². The van der Waals surface area contributed by atoms with E-state index < -0.39 is 26.6 Å². The van der Waals surface area contributed by atoms with Crippen molar-refractivity contribution in [1.82, 2.24) is 4.31 Å². The third kappa shape index (κ3) is 2.83. The molecule has 1 fully saturated rings. The SMILES string of the molecule is CC1CSCCN1S(=O)(=O)c1cc(CN)cc(F)c1F. The number of thioether (sulfide) groups is 1. The van der Waals surface area contributed by atoms with E-state index in [1.165, 1.54) is 4.31 Å². The molecule has 0 amide bonds. The summed E-state index contributed by atoms with van der Waals surface area (Å²) in [5.74, 6) is -1.25. The number of rotatable bonds is 3. The molecule has 1 unspecified atom stereocenters. The third-order valence-corrected chi connectivity index (χ3v) is 6.39. The molecule has 0 spiro atoms. The number of hydrogen-bond donors (Lipinski definition) is 1. The van der Waals surface area contributed by atoms with Crippen LogP contribution in [0.5, 0.6) is 0 Å². The van der Waals surface area contributed by atoms with E-state index in [2.05, 4.69) is 0 Å². The number of halogens is 2. The van der Waals surface area contributed by atoms with E-state index in [1.54, 1.807) is 18.7 Å². The van der Waals surface area contributed by atoms with Crippen LogP contribution in [-0.4, -0.2) is 36.8 Å². The molecule has 1 saturated heterocycles. The van der Waals surface area contributed by atoms with E-state index in [-0.39, 0.29) is 18.2 Å². The Balaban J connectivity index is 2.51. The van der Waals surface area contributed by atoms with Crippen LogP contribution in [-0.2, 0) is 16.6 Å². The first-order valence-corrected chi connectivity index (χ1v) is 8.75. The number of nitrogens with zero attached hydrogens (tertiary/aromatic N) is 1. The van der Waals surface area contributed by atoms with Gasteiger partial charge in [0.1, 0.15) is 4.90 Å². The first-order chi connectivity index (χ1) is 9.37. The Morgan fingerprint density at radius 2 is 2.15 bits per heavy atom. The van der Waals surface area contributed by atoms with Crippen LogP contribution in [0.15, 0.2) is 17.0 Å². The van der Waals surface area contributed by atoms with Gasteiger partial charge in [0.2, 0.25) is 10.0 Å². The second-order valence-corrected chi connectivity index (χ2v) is 7.64. The quantitative estimate of drug-likeness (QED) is 0.917. The summed E-state index contributed by atoms with van der Waals surface area (Å²) >= 11 is 1.64. The zero-order chi connectivity index (χ0) is 14.9. The molecule has 2 rings (SSSR count). The van der Waals surface area contributed by atoms with E-state index in [0.29, 0.717) is 18.1 Å². The molecule has 112 valence electrons. The van der Waals surface area contributed by atoms with Crippen LogP contribution >= 0.6 is 11.8 Å². The predicted octanol–water partition coefficient (Wildman–Crippen LogP) is 1.55. The molecule has 1 heterocycles. The molecule has 20 heavy (non-hydrogen) atoms. The minimum absolute atomic E-state index is 0.0505. The van der Waals surface area contributed by atoms with Crippen LogP contribution in [0.2, 0.25) is 0 Å². The molecule has 2 N–H and O–H groups in total. The van der Waals surface area contributed by atoms with Crippen LogP contribution in [0.3, 0.4) is 0 Å². The molecule has 1 aliphatic rings. The van der Waals surface area contributed by atoms with Crippen molar-refractivity contribution in [1.29, 1.82) is 0 Å². The van der Waals surface area contributed by atoms with E-state index in [4.69, 9.17) is 5.73 Å². The van der Waals surface area contributed by atoms with E-state index in [0.717, 1.165) is 12.1 Å². The maximum absolute atomic E-state index is 13.9. The predicted molar refractivity (Wildman–Crippen MR) is 74.9 cm³/mol. The molecule has 1 aromatic carbocycles. The average Bonchev–Trinajstić information content (AvgIpc) is 2.41. The molecule has 0 radical (unpaired) electrons. The molecule has 1 aromatic rings. The Hall–Kier alpha value is -0.700. The van der Waals surface area contributed by atoms with Gasteiger partial charge in [-0.25, -0.2) is 17.2 Å². The highest BCUT2D eigenvalue weighted by atomic mass is 32.2. The van der Waals surface area contributed by atoms with Gasteiger partial charge in [-0.15, -0.1) is 0 Å². The maximum Gasteiger partial charge on any atom is 0.246 e. The van der Waals surface area contributed by atoms with Crippen LogP contribution < -0.4 is 5.73 Å². The monoisotopic (exact) mass is 322 g/mol. The molecule has 1 aliphatic heterocycles. The lowest BCUT2D eigenvalue weighted by Gasteiger charge is -2.32. The molecular weight excluding hydrogens is 306 g/mol. The molecule has 4 nitrogen and oxygen atoms in total. The normalized spacial score (nSPS) is 21.1. The summed E-state index contributed by atoms with van der Waals surface area (Å²) in [6.07, 6.45) is 0. The summed E-state index contributed by atoms with van der Waals surface area (Å²) in [5.41, 5.74) is 5.64. The minimum Gasteiger partial charge on any atom is -0.326 e. The number of nitrogens with two attached hydrogens (primary N) is 1. The molecule has 0 saturated carbocycles.